The van der Waals surface area contributed by atoms with Gasteiger partial charge in [-0.05, 0) is 18.9 Å². The van der Waals surface area contributed by atoms with Crippen LogP contribution in [0.4, 0.5) is 4.39 Å². The molecule has 0 radical (unpaired) electrons. The Kier molecular flexibility index (Phi) is 10.5. The number of unbranched alkanes of at least 4 members (excludes halogenated alkanes) is 1. The molecule has 5 heteroatoms. The first-order valence-electron chi connectivity index (χ1n) is 6.89. The van der Waals surface area contributed by atoms with Crippen molar-refractivity contribution in [1.29, 1.82) is 0 Å². The van der Waals surface area contributed by atoms with Crippen LogP contribution in [0.15, 0.2) is 23.8 Å². The predicted molar refractivity (Wildman–Crippen MR) is 77.0 cm³/mol. The van der Waals surface area contributed by atoms with Crippen molar-refractivity contribution in [3.05, 3.63) is 23.8 Å². The quantitative estimate of drug-likeness (QED) is 0.575. The first-order valence-corrected chi connectivity index (χ1v) is 6.89. The molecule has 114 valence electrons. The Morgan fingerprint density at radius 2 is 2.20 bits per heavy atom. The van der Waals surface area contributed by atoms with E-state index >= 15 is 0 Å². The molecule has 0 fully saturated rings. The number of halogens is 1. The molecule has 0 saturated carbocycles. The van der Waals surface area contributed by atoms with E-state index in [1.165, 1.54) is 6.08 Å². The summed E-state index contributed by atoms with van der Waals surface area (Å²) in [7, 11) is 1.00. The van der Waals surface area contributed by atoms with Crippen molar-refractivity contribution in [2.45, 2.75) is 38.8 Å². The molecule has 4 nitrogen and oxygen atoms in total. The maximum atomic E-state index is 12.9. The summed E-state index contributed by atoms with van der Waals surface area (Å²) in [5, 5.41) is 7.00. The molecule has 0 aromatic carbocycles. The van der Waals surface area contributed by atoms with Crippen LogP contribution in [0.25, 0.3) is 0 Å². The van der Waals surface area contributed by atoms with Crippen LogP contribution in [0.3, 0.4) is 0 Å². The Morgan fingerprint density at radius 3 is 2.70 bits per heavy atom. The highest BCUT2D eigenvalue weighted by Crippen LogP contribution is 2.16. The second-order valence-electron chi connectivity index (χ2n) is 4.37. The van der Waals surface area contributed by atoms with Gasteiger partial charge in [-0.3, -0.25) is 4.79 Å². The van der Waals surface area contributed by atoms with E-state index in [1.807, 2.05) is 6.92 Å². The van der Waals surface area contributed by atoms with E-state index in [4.69, 9.17) is 5.11 Å². The van der Waals surface area contributed by atoms with Crippen molar-refractivity contribution >= 4 is 12.2 Å². The number of amides is 1. The zero-order valence-electron chi connectivity index (χ0n) is 12.2. The number of carbonyl (C=O) groups is 2. The van der Waals surface area contributed by atoms with Crippen LogP contribution in [-0.4, -0.2) is 48.6 Å². The Morgan fingerprint density at radius 1 is 1.50 bits per heavy atom. The fourth-order valence-electron chi connectivity index (χ4n) is 1.89. The zero-order chi connectivity index (χ0) is 15.4. The van der Waals surface area contributed by atoms with Gasteiger partial charge in [-0.2, -0.15) is 0 Å². The van der Waals surface area contributed by atoms with E-state index in [9.17, 15) is 14.0 Å². The van der Waals surface area contributed by atoms with Gasteiger partial charge in [0, 0.05) is 38.6 Å². The van der Waals surface area contributed by atoms with Crippen molar-refractivity contribution in [1.82, 2.24) is 4.90 Å². The van der Waals surface area contributed by atoms with Crippen LogP contribution < -0.4 is 0 Å². The lowest BCUT2D eigenvalue weighted by atomic mass is 10.0. The molecule has 1 unspecified atom stereocenters. The molecule has 1 N–H and O–H groups in total. The Labute approximate surface area is 120 Å². The second-order valence-corrected chi connectivity index (χ2v) is 4.37. The topological polar surface area (TPSA) is 57.6 Å². The third-order valence-electron chi connectivity index (χ3n) is 2.83. The maximum absolute atomic E-state index is 12.9. The number of nitrogens with zero attached hydrogens (tertiary/aromatic N) is 1. The molecule has 0 aromatic rings. The van der Waals surface area contributed by atoms with Gasteiger partial charge >= 0.3 is 0 Å². The average Bonchev–Trinajstić information content (AvgIpc) is 2.49. The fourth-order valence-corrected chi connectivity index (χ4v) is 1.89. The SMILES string of the molecule is CCCN(CCCC=O)C(=O)C1=CCC(F)C=C1.CO. The van der Waals surface area contributed by atoms with Gasteiger partial charge in [0.25, 0.3) is 5.91 Å². The van der Waals surface area contributed by atoms with Crippen molar-refractivity contribution in [2.24, 2.45) is 0 Å². The van der Waals surface area contributed by atoms with E-state index < -0.39 is 6.17 Å². The molecule has 1 aliphatic carbocycles. The van der Waals surface area contributed by atoms with Crippen LogP contribution in [0.1, 0.15) is 32.6 Å². The molecule has 0 bridgehead atoms. The smallest absolute Gasteiger partial charge is 0.253 e. The van der Waals surface area contributed by atoms with Gasteiger partial charge in [0.2, 0.25) is 0 Å². The highest BCUT2D eigenvalue weighted by molar-refractivity contribution is 5.96. The molecular formula is C15H24FNO3. The molecule has 1 atom stereocenters. The van der Waals surface area contributed by atoms with Gasteiger partial charge < -0.3 is 14.8 Å². The van der Waals surface area contributed by atoms with Crippen molar-refractivity contribution in [3.8, 4) is 0 Å². The van der Waals surface area contributed by atoms with E-state index in [2.05, 4.69) is 0 Å². The molecule has 1 rings (SSSR count). The van der Waals surface area contributed by atoms with Gasteiger partial charge in [0.15, 0.2) is 0 Å². The number of hydrogen-bond donors (Lipinski definition) is 1. The number of aliphatic hydroxyl groups is 1. The summed E-state index contributed by atoms with van der Waals surface area (Å²) in [5.41, 5.74) is 0.559. The molecule has 1 amide bonds. The van der Waals surface area contributed by atoms with Gasteiger partial charge in [-0.25, -0.2) is 4.39 Å². The lowest BCUT2D eigenvalue weighted by Crippen LogP contribution is -2.34. The third kappa shape index (κ3) is 6.61. The van der Waals surface area contributed by atoms with E-state index in [1.54, 1.807) is 17.1 Å². The molecule has 20 heavy (non-hydrogen) atoms. The normalized spacial score (nSPS) is 16.8. The minimum atomic E-state index is -0.976. The summed E-state index contributed by atoms with van der Waals surface area (Å²) in [6, 6.07) is 0. The highest BCUT2D eigenvalue weighted by atomic mass is 19.1. The summed E-state index contributed by atoms with van der Waals surface area (Å²) in [5.74, 6) is -0.0640. The number of carbonyl (C=O) groups excluding carboxylic acids is 2. The minimum absolute atomic E-state index is 0.0640. The van der Waals surface area contributed by atoms with Crippen LogP contribution >= 0.6 is 0 Å². The fraction of sp³-hybridized carbons (Fsp3) is 0.600. The van der Waals surface area contributed by atoms with Gasteiger partial charge in [0.1, 0.15) is 12.5 Å². The summed E-state index contributed by atoms with van der Waals surface area (Å²) < 4.78 is 12.9. The number of alkyl halides is 1. The van der Waals surface area contributed by atoms with E-state index in [-0.39, 0.29) is 12.3 Å². The van der Waals surface area contributed by atoms with Crippen LogP contribution in [0.2, 0.25) is 0 Å². The molecule has 0 aliphatic heterocycles. The first kappa shape index (κ1) is 18.5. The average molecular weight is 285 g/mol. The Hall–Kier alpha value is -1.49. The van der Waals surface area contributed by atoms with Crippen molar-refractivity contribution in [3.63, 3.8) is 0 Å². The van der Waals surface area contributed by atoms with Gasteiger partial charge in [-0.15, -0.1) is 0 Å². The molecule has 0 saturated heterocycles. The minimum Gasteiger partial charge on any atom is -0.400 e. The largest absolute Gasteiger partial charge is 0.400 e. The predicted octanol–water partition coefficient (Wildman–Crippen LogP) is 2.04. The number of allylic oxidation sites excluding steroid dienone is 2. The van der Waals surface area contributed by atoms with Crippen LogP contribution in [0, 0.1) is 0 Å². The monoisotopic (exact) mass is 285 g/mol. The summed E-state index contributed by atoms with van der Waals surface area (Å²) in [4.78, 5) is 24.2. The summed E-state index contributed by atoms with van der Waals surface area (Å²) in [6.07, 6.45) is 6.80. The number of aliphatic hydroxyl groups excluding tert-OH is 1. The Bertz CT molecular complexity index is 353. The van der Waals surface area contributed by atoms with Crippen molar-refractivity contribution < 1.29 is 19.1 Å². The third-order valence-corrected chi connectivity index (χ3v) is 2.83. The summed E-state index contributed by atoms with van der Waals surface area (Å²) in [6.45, 7) is 3.25. The van der Waals surface area contributed by atoms with Crippen LogP contribution in [0.5, 0.6) is 0 Å². The molecule has 1 aliphatic rings. The standard InChI is InChI=1S/C14H20FNO2.CH4O/c1-2-9-16(10-3-4-11-17)14(18)12-5-7-13(15)8-6-12;1-2/h5-7,11,13H,2-4,8-10H2,1H3;2H,1H3. The number of hydrogen-bond acceptors (Lipinski definition) is 3. The number of rotatable bonds is 7. The van der Waals surface area contributed by atoms with Crippen molar-refractivity contribution in [2.75, 3.05) is 20.2 Å². The van der Waals surface area contributed by atoms with E-state index in [0.29, 0.717) is 31.5 Å². The van der Waals surface area contributed by atoms with Gasteiger partial charge in [-0.1, -0.05) is 19.1 Å². The molecular weight excluding hydrogens is 261 g/mol. The maximum Gasteiger partial charge on any atom is 0.253 e. The number of aldehydes is 1. The molecule has 0 aromatic heterocycles. The lowest BCUT2D eigenvalue weighted by molar-refractivity contribution is -0.127. The van der Waals surface area contributed by atoms with Crippen LogP contribution in [-0.2, 0) is 9.59 Å². The molecule has 0 heterocycles. The Balaban J connectivity index is 0.00000172. The van der Waals surface area contributed by atoms with E-state index in [0.717, 1.165) is 19.8 Å². The lowest BCUT2D eigenvalue weighted by Gasteiger charge is -2.23. The second kappa shape index (κ2) is 11.3. The zero-order valence-corrected chi connectivity index (χ0v) is 12.2. The first-order chi connectivity index (χ1) is 9.69. The summed E-state index contributed by atoms with van der Waals surface area (Å²) >= 11 is 0. The highest BCUT2D eigenvalue weighted by Gasteiger charge is 2.18. The molecule has 0 spiro atoms. The van der Waals surface area contributed by atoms with Gasteiger partial charge in [0.05, 0.1) is 0 Å².